The molecule has 0 aliphatic heterocycles. The van der Waals surface area contributed by atoms with Crippen molar-refractivity contribution in [3.63, 3.8) is 0 Å². The standard InChI is InChI=1S/C12H15BrN4O/c1-3-7-16-12(18)17(11(14)15)10-8(2)5-4-6-9(10)13/h3-6H,1,7H2,2H3,(H3,14,15)(H,16,18). The number of carbonyl (C=O) groups is 1. The number of para-hydroxylation sites is 1. The van der Waals surface area contributed by atoms with Crippen molar-refractivity contribution in [1.82, 2.24) is 5.32 Å². The number of anilines is 1. The third-order valence-corrected chi connectivity index (χ3v) is 2.89. The van der Waals surface area contributed by atoms with Gasteiger partial charge in [0.25, 0.3) is 0 Å². The Kier molecular flexibility index (Phi) is 4.91. The lowest BCUT2D eigenvalue weighted by molar-refractivity contribution is 0.250. The zero-order valence-electron chi connectivity index (χ0n) is 10.0. The van der Waals surface area contributed by atoms with Gasteiger partial charge in [-0.15, -0.1) is 6.58 Å². The van der Waals surface area contributed by atoms with Crippen molar-refractivity contribution in [2.24, 2.45) is 5.73 Å². The summed E-state index contributed by atoms with van der Waals surface area (Å²) in [5.41, 5.74) is 6.88. The molecule has 0 aliphatic carbocycles. The third kappa shape index (κ3) is 3.10. The van der Waals surface area contributed by atoms with E-state index in [0.717, 1.165) is 10.5 Å². The monoisotopic (exact) mass is 310 g/mol. The molecule has 0 heterocycles. The number of hydrogen-bond acceptors (Lipinski definition) is 2. The van der Waals surface area contributed by atoms with Gasteiger partial charge in [-0.05, 0) is 34.5 Å². The second-order valence-electron chi connectivity index (χ2n) is 3.60. The molecule has 1 aromatic rings. The molecule has 6 heteroatoms. The van der Waals surface area contributed by atoms with Gasteiger partial charge in [0.1, 0.15) is 0 Å². The van der Waals surface area contributed by atoms with Gasteiger partial charge in [0.05, 0.1) is 5.69 Å². The van der Waals surface area contributed by atoms with Gasteiger partial charge >= 0.3 is 6.03 Å². The van der Waals surface area contributed by atoms with Crippen LogP contribution < -0.4 is 16.0 Å². The number of hydrogen-bond donors (Lipinski definition) is 3. The maximum atomic E-state index is 12.0. The fraction of sp³-hybridized carbons (Fsp3) is 0.167. The van der Waals surface area contributed by atoms with E-state index in [-0.39, 0.29) is 5.96 Å². The average molecular weight is 311 g/mol. The second kappa shape index (κ2) is 6.20. The quantitative estimate of drug-likeness (QED) is 0.455. The van der Waals surface area contributed by atoms with Crippen molar-refractivity contribution in [1.29, 1.82) is 5.41 Å². The fourth-order valence-electron chi connectivity index (χ4n) is 1.48. The highest BCUT2D eigenvalue weighted by Gasteiger charge is 2.22. The van der Waals surface area contributed by atoms with Gasteiger partial charge in [-0.1, -0.05) is 18.2 Å². The number of amides is 2. The van der Waals surface area contributed by atoms with Crippen LogP contribution in [0.4, 0.5) is 10.5 Å². The van der Waals surface area contributed by atoms with E-state index in [9.17, 15) is 4.79 Å². The molecule has 0 aromatic heterocycles. The van der Waals surface area contributed by atoms with Crippen LogP contribution in [0.5, 0.6) is 0 Å². The predicted octanol–water partition coefficient (Wildman–Crippen LogP) is 2.35. The van der Waals surface area contributed by atoms with Crippen molar-refractivity contribution >= 4 is 33.6 Å². The van der Waals surface area contributed by atoms with Crippen molar-refractivity contribution in [3.8, 4) is 0 Å². The van der Waals surface area contributed by atoms with Crippen molar-refractivity contribution in [2.75, 3.05) is 11.4 Å². The zero-order valence-corrected chi connectivity index (χ0v) is 11.6. The van der Waals surface area contributed by atoms with Crippen LogP contribution in [0.15, 0.2) is 35.3 Å². The number of nitrogens with two attached hydrogens (primary N) is 1. The first kappa shape index (κ1) is 14.2. The molecule has 0 bridgehead atoms. The average Bonchev–Trinajstić information content (AvgIpc) is 2.30. The first-order chi connectivity index (χ1) is 8.49. The second-order valence-corrected chi connectivity index (χ2v) is 4.46. The summed E-state index contributed by atoms with van der Waals surface area (Å²) in [6.45, 7) is 5.67. The minimum atomic E-state index is -0.461. The lowest BCUT2D eigenvalue weighted by atomic mass is 10.2. The zero-order chi connectivity index (χ0) is 13.7. The van der Waals surface area contributed by atoms with E-state index in [1.165, 1.54) is 0 Å². The maximum absolute atomic E-state index is 12.0. The summed E-state index contributed by atoms with van der Waals surface area (Å²) < 4.78 is 0.700. The van der Waals surface area contributed by atoms with E-state index in [4.69, 9.17) is 11.1 Å². The number of aryl methyl sites for hydroxylation is 1. The number of halogens is 1. The van der Waals surface area contributed by atoms with Gasteiger partial charge in [0.2, 0.25) is 5.96 Å². The Balaban J connectivity index is 3.16. The highest BCUT2D eigenvalue weighted by Crippen LogP contribution is 2.29. The van der Waals surface area contributed by atoms with Crippen molar-refractivity contribution < 1.29 is 4.79 Å². The van der Waals surface area contributed by atoms with E-state index in [2.05, 4.69) is 27.8 Å². The smallest absolute Gasteiger partial charge is 0.329 e. The molecule has 0 saturated heterocycles. The van der Waals surface area contributed by atoms with Crippen LogP contribution in [0.2, 0.25) is 0 Å². The van der Waals surface area contributed by atoms with Gasteiger partial charge < -0.3 is 11.1 Å². The van der Waals surface area contributed by atoms with Crippen LogP contribution in [0.3, 0.4) is 0 Å². The van der Waals surface area contributed by atoms with Gasteiger partial charge in [0, 0.05) is 11.0 Å². The van der Waals surface area contributed by atoms with Gasteiger partial charge in [-0.3, -0.25) is 5.41 Å². The number of benzene rings is 1. The normalized spacial score (nSPS) is 9.67. The summed E-state index contributed by atoms with van der Waals surface area (Å²) in [5.74, 6) is -0.341. The minimum absolute atomic E-state index is 0.312. The first-order valence-corrected chi connectivity index (χ1v) is 6.06. The van der Waals surface area contributed by atoms with E-state index in [1.54, 1.807) is 12.1 Å². The molecule has 0 spiro atoms. The molecule has 96 valence electrons. The van der Waals surface area contributed by atoms with Crippen LogP contribution >= 0.6 is 15.9 Å². The predicted molar refractivity (Wildman–Crippen MR) is 76.9 cm³/mol. The topological polar surface area (TPSA) is 82.2 Å². The molecule has 0 radical (unpaired) electrons. The van der Waals surface area contributed by atoms with Crippen LogP contribution in [-0.4, -0.2) is 18.5 Å². The van der Waals surface area contributed by atoms with Gasteiger partial charge in [-0.2, -0.15) is 0 Å². The van der Waals surface area contributed by atoms with Crippen LogP contribution in [-0.2, 0) is 0 Å². The van der Waals surface area contributed by atoms with E-state index in [1.807, 2.05) is 19.1 Å². The third-order valence-electron chi connectivity index (χ3n) is 2.25. The lowest BCUT2D eigenvalue weighted by Gasteiger charge is -2.23. The Morgan fingerprint density at radius 1 is 1.67 bits per heavy atom. The highest BCUT2D eigenvalue weighted by atomic mass is 79.9. The molecular formula is C12H15BrN4O. The number of guanidine groups is 1. The molecule has 0 atom stereocenters. The van der Waals surface area contributed by atoms with Gasteiger partial charge in [0.15, 0.2) is 0 Å². The number of rotatable bonds is 3. The minimum Gasteiger partial charge on any atom is -0.369 e. The van der Waals surface area contributed by atoms with Crippen LogP contribution in [0.1, 0.15) is 5.56 Å². The molecular weight excluding hydrogens is 296 g/mol. The highest BCUT2D eigenvalue weighted by molar-refractivity contribution is 9.10. The summed E-state index contributed by atoms with van der Waals surface area (Å²) in [6.07, 6.45) is 1.56. The molecule has 5 nitrogen and oxygen atoms in total. The molecule has 4 N–H and O–H groups in total. The summed E-state index contributed by atoms with van der Waals surface area (Å²) in [4.78, 5) is 13.1. The van der Waals surface area contributed by atoms with Crippen molar-refractivity contribution in [3.05, 3.63) is 40.9 Å². The number of carbonyl (C=O) groups excluding carboxylic acids is 1. The number of nitrogens with one attached hydrogen (secondary N) is 2. The molecule has 0 unspecified atom stereocenters. The Morgan fingerprint density at radius 2 is 2.33 bits per heavy atom. The fourth-order valence-corrected chi connectivity index (χ4v) is 2.12. The molecule has 0 saturated carbocycles. The number of nitrogens with zero attached hydrogens (tertiary/aromatic N) is 1. The van der Waals surface area contributed by atoms with Crippen LogP contribution in [0, 0.1) is 12.3 Å². The Bertz CT molecular complexity index is 467. The Hall–Kier alpha value is -1.82. The van der Waals surface area contributed by atoms with Crippen LogP contribution in [0.25, 0.3) is 0 Å². The molecule has 1 rings (SSSR count). The lowest BCUT2D eigenvalue weighted by Crippen LogP contribution is -2.47. The van der Waals surface area contributed by atoms with Gasteiger partial charge in [-0.25, -0.2) is 9.69 Å². The summed E-state index contributed by atoms with van der Waals surface area (Å²) >= 11 is 3.36. The summed E-state index contributed by atoms with van der Waals surface area (Å²) in [7, 11) is 0. The van der Waals surface area contributed by atoms with Crippen molar-refractivity contribution in [2.45, 2.75) is 6.92 Å². The summed E-state index contributed by atoms with van der Waals surface area (Å²) in [6, 6.07) is 5.02. The SMILES string of the molecule is C=CCNC(=O)N(C(=N)N)c1c(C)cccc1Br. The molecule has 1 aromatic carbocycles. The van der Waals surface area contributed by atoms with E-state index in [0.29, 0.717) is 16.7 Å². The van der Waals surface area contributed by atoms with E-state index >= 15 is 0 Å². The van der Waals surface area contributed by atoms with E-state index < -0.39 is 6.03 Å². The molecule has 0 fully saturated rings. The number of urea groups is 1. The first-order valence-electron chi connectivity index (χ1n) is 5.27. The maximum Gasteiger partial charge on any atom is 0.329 e. The largest absolute Gasteiger partial charge is 0.369 e. The Morgan fingerprint density at radius 3 is 2.83 bits per heavy atom. The Labute approximate surface area is 114 Å². The molecule has 18 heavy (non-hydrogen) atoms. The molecule has 0 aliphatic rings. The molecule has 2 amide bonds. The summed E-state index contributed by atoms with van der Waals surface area (Å²) in [5, 5.41) is 10.1.